The Bertz CT molecular complexity index is 598. The number of aromatic nitrogens is 4. The van der Waals surface area contributed by atoms with Gasteiger partial charge in [0, 0.05) is 0 Å². The fourth-order valence-corrected chi connectivity index (χ4v) is 2.55. The number of benzene rings is 1. The number of likely N-dealkylation sites (tertiary alicyclic amines) is 1. The van der Waals surface area contributed by atoms with Crippen LogP contribution in [0.5, 0.6) is 0 Å². The SMILES string of the molecule is O=C(O)C1CCCN1Cc1nnnn1-c1ccccc1. The molecule has 7 nitrogen and oxygen atoms in total. The second-order valence-corrected chi connectivity index (χ2v) is 4.81. The van der Waals surface area contributed by atoms with Crippen LogP contribution in [0.2, 0.25) is 0 Å². The largest absolute Gasteiger partial charge is 0.480 e. The van der Waals surface area contributed by atoms with E-state index in [2.05, 4.69) is 15.5 Å². The third kappa shape index (κ3) is 2.39. The lowest BCUT2D eigenvalue weighted by Gasteiger charge is -2.20. The number of para-hydroxylation sites is 1. The van der Waals surface area contributed by atoms with E-state index in [4.69, 9.17) is 0 Å². The minimum atomic E-state index is -0.777. The van der Waals surface area contributed by atoms with Crippen molar-refractivity contribution >= 4 is 5.97 Å². The minimum absolute atomic E-state index is 0.434. The van der Waals surface area contributed by atoms with Crippen molar-refractivity contribution in [3.63, 3.8) is 0 Å². The highest BCUT2D eigenvalue weighted by atomic mass is 16.4. The number of tetrazole rings is 1. The van der Waals surface area contributed by atoms with Gasteiger partial charge in [0.05, 0.1) is 12.2 Å². The molecule has 7 heteroatoms. The molecule has 0 amide bonds. The number of nitrogens with zero attached hydrogens (tertiary/aromatic N) is 5. The molecule has 1 fully saturated rings. The summed E-state index contributed by atoms with van der Waals surface area (Å²) < 4.78 is 1.65. The molecular weight excluding hydrogens is 258 g/mol. The molecule has 1 N–H and O–H groups in total. The lowest BCUT2D eigenvalue weighted by Crippen LogP contribution is -2.36. The third-order valence-electron chi connectivity index (χ3n) is 3.53. The molecular formula is C13H15N5O2. The maximum atomic E-state index is 11.2. The summed E-state index contributed by atoms with van der Waals surface area (Å²) in [5.41, 5.74) is 0.874. The number of hydrogen-bond acceptors (Lipinski definition) is 5. The van der Waals surface area contributed by atoms with Crippen molar-refractivity contribution in [2.75, 3.05) is 6.54 Å². The molecule has 1 aliphatic rings. The molecule has 1 aromatic heterocycles. The predicted octanol–water partition coefficient (Wildman–Crippen LogP) is 0.711. The van der Waals surface area contributed by atoms with Gasteiger partial charge in [-0.1, -0.05) is 18.2 Å². The second-order valence-electron chi connectivity index (χ2n) is 4.81. The fraction of sp³-hybridized carbons (Fsp3) is 0.385. The fourth-order valence-electron chi connectivity index (χ4n) is 2.55. The highest BCUT2D eigenvalue weighted by molar-refractivity contribution is 5.73. The van der Waals surface area contributed by atoms with Gasteiger partial charge in [0.2, 0.25) is 0 Å². The summed E-state index contributed by atoms with van der Waals surface area (Å²) >= 11 is 0. The summed E-state index contributed by atoms with van der Waals surface area (Å²) in [4.78, 5) is 13.1. The first-order valence-electron chi connectivity index (χ1n) is 6.55. The van der Waals surface area contributed by atoms with Crippen molar-refractivity contribution in [2.45, 2.75) is 25.4 Å². The highest BCUT2D eigenvalue weighted by Gasteiger charge is 2.31. The molecule has 20 heavy (non-hydrogen) atoms. The van der Waals surface area contributed by atoms with Gasteiger partial charge in [-0.25, -0.2) is 0 Å². The van der Waals surface area contributed by atoms with Gasteiger partial charge in [-0.2, -0.15) is 4.68 Å². The van der Waals surface area contributed by atoms with Crippen molar-refractivity contribution in [2.24, 2.45) is 0 Å². The molecule has 2 heterocycles. The maximum Gasteiger partial charge on any atom is 0.320 e. The van der Waals surface area contributed by atoms with Crippen LogP contribution in [-0.2, 0) is 11.3 Å². The average molecular weight is 273 g/mol. The summed E-state index contributed by atoms with van der Waals surface area (Å²) in [7, 11) is 0. The number of carboxylic acid groups (broad SMARTS) is 1. The summed E-state index contributed by atoms with van der Waals surface area (Å²) in [6.07, 6.45) is 1.58. The smallest absolute Gasteiger partial charge is 0.320 e. The Morgan fingerprint density at radius 2 is 2.15 bits per heavy atom. The number of aliphatic carboxylic acids is 1. The highest BCUT2D eigenvalue weighted by Crippen LogP contribution is 2.20. The molecule has 0 radical (unpaired) electrons. The quantitative estimate of drug-likeness (QED) is 0.883. The summed E-state index contributed by atoms with van der Waals surface area (Å²) in [5.74, 6) is -0.120. The first kappa shape index (κ1) is 12.7. The number of rotatable bonds is 4. The van der Waals surface area contributed by atoms with Gasteiger partial charge in [-0.15, -0.1) is 5.10 Å². The molecule has 104 valence electrons. The van der Waals surface area contributed by atoms with Crippen LogP contribution in [0.3, 0.4) is 0 Å². The van der Waals surface area contributed by atoms with Crippen LogP contribution < -0.4 is 0 Å². The van der Waals surface area contributed by atoms with Crippen molar-refractivity contribution in [3.05, 3.63) is 36.2 Å². The monoisotopic (exact) mass is 273 g/mol. The Morgan fingerprint density at radius 1 is 1.35 bits per heavy atom. The number of hydrogen-bond donors (Lipinski definition) is 1. The molecule has 0 saturated carbocycles. The van der Waals surface area contributed by atoms with Crippen molar-refractivity contribution in [1.29, 1.82) is 0 Å². The molecule has 1 unspecified atom stereocenters. The third-order valence-corrected chi connectivity index (χ3v) is 3.53. The van der Waals surface area contributed by atoms with Crippen molar-refractivity contribution < 1.29 is 9.90 Å². The van der Waals surface area contributed by atoms with E-state index in [1.165, 1.54) is 0 Å². The summed E-state index contributed by atoms with van der Waals surface area (Å²) in [6.45, 7) is 1.21. The summed E-state index contributed by atoms with van der Waals surface area (Å²) in [5, 5.41) is 20.9. The average Bonchev–Trinajstić information content (AvgIpc) is 3.09. The zero-order valence-electron chi connectivity index (χ0n) is 10.9. The Labute approximate surface area is 115 Å². The topological polar surface area (TPSA) is 84.1 Å². The summed E-state index contributed by atoms with van der Waals surface area (Å²) in [6, 6.07) is 9.15. The van der Waals surface area contributed by atoms with E-state index < -0.39 is 12.0 Å². The predicted molar refractivity (Wildman–Crippen MR) is 70.2 cm³/mol. The molecule has 1 aromatic carbocycles. The van der Waals surface area contributed by atoms with Gasteiger partial charge in [0.15, 0.2) is 5.82 Å². The second kappa shape index (κ2) is 5.38. The van der Waals surface area contributed by atoms with Crippen molar-refractivity contribution in [3.8, 4) is 5.69 Å². The molecule has 0 aliphatic carbocycles. The lowest BCUT2D eigenvalue weighted by molar-refractivity contribution is -0.142. The van der Waals surface area contributed by atoms with E-state index in [9.17, 15) is 9.90 Å². The number of carbonyl (C=O) groups is 1. The van der Waals surface area contributed by atoms with Crippen LogP contribution in [0.4, 0.5) is 0 Å². The van der Waals surface area contributed by atoms with E-state index in [0.717, 1.165) is 18.7 Å². The van der Waals surface area contributed by atoms with Crippen LogP contribution in [0.1, 0.15) is 18.7 Å². The van der Waals surface area contributed by atoms with E-state index in [-0.39, 0.29) is 0 Å². The lowest BCUT2D eigenvalue weighted by atomic mass is 10.2. The molecule has 1 atom stereocenters. The normalized spacial score (nSPS) is 19.3. The molecule has 0 bridgehead atoms. The Morgan fingerprint density at radius 3 is 2.90 bits per heavy atom. The van der Waals surface area contributed by atoms with Gasteiger partial charge in [0.25, 0.3) is 0 Å². The van der Waals surface area contributed by atoms with Crippen LogP contribution >= 0.6 is 0 Å². The molecule has 2 aromatic rings. The first-order valence-corrected chi connectivity index (χ1v) is 6.55. The van der Waals surface area contributed by atoms with E-state index in [1.54, 1.807) is 4.68 Å². The van der Waals surface area contributed by atoms with Gasteiger partial charge in [-0.05, 0) is 41.9 Å². The van der Waals surface area contributed by atoms with Crippen LogP contribution in [0.25, 0.3) is 5.69 Å². The van der Waals surface area contributed by atoms with E-state index in [0.29, 0.717) is 18.8 Å². The Hall–Kier alpha value is -2.28. The van der Waals surface area contributed by atoms with E-state index in [1.807, 2.05) is 35.2 Å². The molecule has 3 rings (SSSR count). The zero-order chi connectivity index (χ0) is 13.9. The van der Waals surface area contributed by atoms with Crippen molar-refractivity contribution in [1.82, 2.24) is 25.1 Å². The van der Waals surface area contributed by atoms with Crippen LogP contribution in [0, 0.1) is 0 Å². The van der Waals surface area contributed by atoms with Crippen LogP contribution in [-0.4, -0.2) is 48.8 Å². The molecule has 1 aliphatic heterocycles. The maximum absolute atomic E-state index is 11.2. The van der Waals surface area contributed by atoms with Gasteiger partial charge >= 0.3 is 5.97 Å². The molecule has 1 saturated heterocycles. The zero-order valence-corrected chi connectivity index (χ0v) is 10.9. The van der Waals surface area contributed by atoms with Gasteiger partial charge in [-0.3, -0.25) is 9.69 Å². The Kier molecular flexibility index (Phi) is 3.42. The number of carboxylic acids is 1. The Balaban J connectivity index is 1.82. The van der Waals surface area contributed by atoms with E-state index >= 15 is 0 Å². The van der Waals surface area contributed by atoms with Crippen LogP contribution in [0.15, 0.2) is 30.3 Å². The minimum Gasteiger partial charge on any atom is -0.480 e. The molecule has 0 spiro atoms. The first-order chi connectivity index (χ1) is 9.75. The van der Waals surface area contributed by atoms with Gasteiger partial charge < -0.3 is 5.11 Å². The standard InChI is InChI=1S/C13H15N5O2/c19-13(20)11-7-4-8-17(11)9-12-14-15-16-18(12)10-5-2-1-3-6-10/h1-3,5-6,11H,4,7-9H2,(H,19,20). The van der Waals surface area contributed by atoms with Gasteiger partial charge in [0.1, 0.15) is 6.04 Å².